The topological polar surface area (TPSA) is 104 Å². The zero-order valence-electron chi connectivity index (χ0n) is 9.05. The normalized spacial score (nSPS) is 12.0. The van der Waals surface area contributed by atoms with Crippen LogP contribution in [0.4, 0.5) is 18.9 Å². The Bertz CT molecular complexity index is 672. The lowest BCUT2D eigenvalue weighted by molar-refractivity contribution is -0.385. The predicted octanol–water partition coefficient (Wildman–Crippen LogP) is 2.29. The molecule has 1 aromatic rings. The highest BCUT2D eigenvalue weighted by Crippen LogP contribution is 2.37. The predicted molar refractivity (Wildman–Crippen MR) is 59.1 cm³/mol. The van der Waals surface area contributed by atoms with Gasteiger partial charge >= 0.3 is 21.3 Å². The first-order chi connectivity index (χ1) is 8.99. The van der Waals surface area contributed by atoms with E-state index in [2.05, 4.69) is 4.18 Å². The van der Waals surface area contributed by atoms with Gasteiger partial charge in [-0.1, -0.05) is 11.6 Å². The van der Waals surface area contributed by atoms with Gasteiger partial charge in [-0.25, -0.2) is 0 Å². The number of alkyl halides is 3. The van der Waals surface area contributed by atoms with Crippen LogP contribution < -0.4 is 4.18 Å². The molecule has 20 heavy (non-hydrogen) atoms. The van der Waals surface area contributed by atoms with Gasteiger partial charge in [-0.3, -0.25) is 14.9 Å². The van der Waals surface area contributed by atoms with E-state index in [1.54, 1.807) is 0 Å². The number of hydrogen-bond acceptors (Lipinski definition) is 6. The van der Waals surface area contributed by atoms with E-state index in [0.29, 0.717) is 6.07 Å². The molecule has 0 radical (unpaired) electrons. The number of carbonyl (C=O) groups excluding carboxylic acids is 1. The summed E-state index contributed by atoms with van der Waals surface area (Å²) in [6.45, 7) is 0. The highest BCUT2D eigenvalue weighted by molar-refractivity contribution is 7.88. The molecule has 0 saturated heterocycles. The highest BCUT2D eigenvalue weighted by atomic mass is 35.5. The SMILES string of the molecule is O=Cc1cc(Cl)cc([N+](=O)[O-])c1OS(=O)(=O)C(F)(F)F. The summed E-state index contributed by atoms with van der Waals surface area (Å²) < 4.78 is 61.8. The number of carbonyl (C=O) groups is 1. The van der Waals surface area contributed by atoms with E-state index in [0.717, 1.165) is 6.07 Å². The molecule has 110 valence electrons. The summed E-state index contributed by atoms with van der Waals surface area (Å²) in [5.41, 5.74) is -7.80. The molecule has 0 unspecified atom stereocenters. The molecule has 1 rings (SSSR count). The van der Waals surface area contributed by atoms with Crippen molar-refractivity contribution < 1.29 is 35.5 Å². The van der Waals surface area contributed by atoms with Crippen LogP contribution in [0.3, 0.4) is 0 Å². The number of halogens is 4. The van der Waals surface area contributed by atoms with Crippen LogP contribution in [0.2, 0.25) is 5.02 Å². The third kappa shape index (κ3) is 3.17. The summed E-state index contributed by atoms with van der Waals surface area (Å²) in [7, 11) is -6.16. The van der Waals surface area contributed by atoms with Crippen LogP contribution >= 0.6 is 11.6 Å². The van der Waals surface area contributed by atoms with Crippen molar-refractivity contribution in [2.45, 2.75) is 5.51 Å². The maximum Gasteiger partial charge on any atom is 0.534 e. The molecular formula is C8H3ClF3NO6S. The number of nitrogens with zero attached hydrogens (tertiary/aromatic N) is 1. The average Bonchev–Trinajstić information content (AvgIpc) is 2.28. The van der Waals surface area contributed by atoms with Gasteiger partial charge in [-0.2, -0.15) is 21.6 Å². The summed E-state index contributed by atoms with van der Waals surface area (Å²) in [6, 6.07) is 1.28. The largest absolute Gasteiger partial charge is 0.534 e. The van der Waals surface area contributed by atoms with Crippen LogP contribution in [0.15, 0.2) is 12.1 Å². The third-order valence-electron chi connectivity index (χ3n) is 1.86. The second-order valence-electron chi connectivity index (χ2n) is 3.20. The van der Waals surface area contributed by atoms with E-state index < -0.39 is 37.6 Å². The molecule has 0 spiro atoms. The van der Waals surface area contributed by atoms with E-state index in [1.165, 1.54) is 0 Å². The Morgan fingerprint density at radius 2 is 1.90 bits per heavy atom. The Balaban J connectivity index is 3.52. The number of nitro benzene ring substituents is 1. The summed E-state index contributed by atoms with van der Waals surface area (Å²) in [4.78, 5) is 20.1. The van der Waals surface area contributed by atoms with E-state index in [1.807, 2.05) is 0 Å². The number of aldehydes is 1. The number of rotatable bonds is 4. The highest BCUT2D eigenvalue weighted by Gasteiger charge is 2.49. The summed E-state index contributed by atoms with van der Waals surface area (Å²) in [5, 5.41) is 10.3. The molecule has 0 heterocycles. The molecule has 0 amide bonds. The quantitative estimate of drug-likeness (QED) is 0.275. The Morgan fingerprint density at radius 1 is 1.35 bits per heavy atom. The minimum atomic E-state index is -6.16. The maximum atomic E-state index is 12.2. The Morgan fingerprint density at radius 3 is 2.30 bits per heavy atom. The minimum absolute atomic E-state index is 0.125. The fraction of sp³-hybridized carbons (Fsp3) is 0.125. The van der Waals surface area contributed by atoms with Crippen LogP contribution in [-0.2, 0) is 10.1 Å². The van der Waals surface area contributed by atoms with Gasteiger partial charge in [0.1, 0.15) is 0 Å². The lowest BCUT2D eigenvalue weighted by atomic mass is 10.2. The third-order valence-corrected chi connectivity index (χ3v) is 3.03. The molecule has 0 bridgehead atoms. The monoisotopic (exact) mass is 333 g/mol. The van der Waals surface area contributed by atoms with Crippen molar-refractivity contribution in [2.75, 3.05) is 0 Å². The van der Waals surface area contributed by atoms with E-state index >= 15 is 0 Å². The molecule has 0 N–H and O–H groups in total. The van der Waals surface area contributed by atoms with E-state index in [9.17, 15) is 36.5 Å². The van der Waals surface area contributed by atoms with E-state index in [4.69, 9.17) is 11.6 Å². The first-order valence-electron chi connectivity index (χ1n) is 4.43. The van der Waals surface area contributed by atoms with Gasteiger partial charge < -0.3 is 4.18 Å². The van der Waals surface area contributed by atoms with Crippen molar-refractivity contribution in [2.24, 2.45) is 0 Å². The second-order valence-corrected chi connectivity index (χ2v) is 5.18. The number of hydrogen-bond donors (Lipinski definition) is 0. The second kappa shape index (κ2) is 5.25. The number of nitro groups is 1. The van der Waals surface area contributed by atoms with E-state index in [-0.39, 0.29) is 11.3 Å². The molecule has 0 aliphatic heterocycles. The van der Waals surface area contributed by atoms with Gasteiger partial charge in [0.05, 0.1) is 10.5 Å². The lowest BCUT2D eigenvalue weighted by Crippen LogP contribution is -2.28. The van der Waals surface area contributed by atoms with Crippen molar-refractivity contribution in [3.05, 3.63) is 32.8 Å². The molecule has 7 nitrogen and oxygen atoms in total. The molecular weight excluding hydrogens is 331 g/mol. The Kier molecular flexibility index (Phi) is 4.24. The molecule has 0 saturated carbocycles. The van der Waals surface area contributed by atoms with Gasteiger partial charge in [-0.05, 0) is 6.07 Å². The van der Waals surface area contributed by atoms with Crippen molar-refractivity contribution in [1.29, 1.82) is 0 Å². The summed E-state index contributed by atoms with van der Waals surface area (Å²) in [6.07, 6.45) is -0.125. The zero-order chi connectivity index (χ0) is 15.7. The van der Waals surface area contributed by atoms with Crippen LogP contribution in [0.1, 0.15) is 10.4 Å². The average molecular weight is 334 g/mol. The molecule has 1 aromatic carbocycles. The minimum Gasteiger partial charge on any atom is -0.368 e. The smallest absolute Gasteiger partial charge is 0.368 e. The fourth-order valence-corrected chi connectivity index (χ4v) is 1.79. The van der Waals surface area contributed by atoms with Crippen molar-refractivity contribution in [1.82, 2.24) is 0 Å². The van der Waals surface area contributed by atoms with Gasteiger partial charge in [0.15, 0.2) is 6.29 Å². The van der Waals surface area contributed by atoms with Crippen LogP contribution in [0.25, 0.3) is 0 Å². The van der Waals surface area contributed by atoms with Gasteiger partial charge in [0, 0.05) is 11.1 Å². The van der Waals surface area contributed by atoms with Crippen LogP contribution in [-0.4, -0.2) is 25.1 Å². The van der Waals surface area contributed by atoms with Crippen molar-refractivity contribution >= 4 is 33.7 Å². The Hall–Kier alpha value is -1.88. The van der Waals surface area contributed by atoms with Gasteiger partial charge in [0.25, 0.3) is 0 Å². The standard InChI is InChI=1S/C8H3ClF3NO6S/c9-5-1-4(3-14)7(6(2-5)13(15)16)19-20(17,18)8(10,11)12/h1-3H. The molecule has 0 aliphatic rings. The summed E-state index contributed by atoms with van der Waals surface area (Å²) >= 11 is 5.42. The molecule has 0 aromatic heterocycles. The lowest BCUT2D eigenvalue weighted by Gasteiger charge is -2.11. The van der Waals surface area contributed by atoms with Gasteiger partial charge in [0.2, 0.25) is 5.75 Å². The van der Waals surface area contributed by atoms with Crippen LogP contribution in [0.5, 0.6) is 5.75 Å². The molecule has 12 heteroatoms. The van der Waals surface area contributed by atoms with Crippen molar-refractivity contribution in [3.8, 4) is 5.75 Å². The number of benzene rings is 1. The van der Waals surface area contributed by atoms with Crippen LogP contribution in [0, 0.1) is 10.1 Å². The summed E-state index contributed by atoms with van der Waals surface area (Å²) in [5.74, 6) is -1.35. The fourth-order valence-electron chi connectivity index (χ4n) is 1.07. The molecule has 0 fully saturated rings. The van der Waals surface area contributed by atoms with Gasteiger partial charge in [-0.15, -0.1) is 0 Å². The first kappa shape index (κ1) is 16.2. The Labute approximate surface area is 114 Å². The zero-order valence-corrected chi connectivity index (χ0v) is 10.6. The maximum absolute atomic E-state index is 12.2. The van der Waals surface area contributed by atoms with Crippen molar-refractivity contribution in [3.63, 3.8) is 0 Å². The molecule has 0 atom stereocenters. The first-order valence-corrected chi connectivity index (χ1v) is 6.22. The molecule has 0 aliphatic carbocycles.